The summed E-state index contributed by atoms with van der Waals surface area (Å²) in [6.45, 7) is 1.81. The molecule has 144 valence electrons. The number of rotatable bonds is 7. The third-order valence-electron chi connectivity index (χ3n) is 3.76. The van der Waals surface area contributed by atoms with Gasteiger partial charge in [-0.1, -0.05) is 11.6 Å². The predicted molar refractivity (Wildman–Crippen MR) is 104 cm³/mol. The lowest BCUT2D eigenvalue weighted by Crippen LogP contribution is -2.22. The van der Waals surface area contributed by atoms with Crippen LogP contribution in [0.3, 0.4) is 0 Å². The highest BCUT2D eigenvalue weighted by Crippen LogP contribution is 2.31. The molecule has 0 atom stereocenters. The number of hydrogen-bond acceptors (Lipinski definition) is 5. The minimum atomic E-state index is -0.486. The molecule has 2 aromatic rings. The lowest BCUT2D eigenvalue weighted by molar-refractivity contribution is -0.123. The molecule has 27 heavy (non-hydrogen) atoms. The summed E-state index contributed by atoms with van der Waals surface area (Å²) in [5.41, 5.74) is 1.66. The van der Waals surface area contributed by atoms with Crippen molar-refractivity contribution in [1.82, 2.24) is 0 Å². The van der Waals surface area contributed by atoms with Gasteiger partial charge in [0, 0.05) is 17.2 Å². The molecule has 2 amide bonds. The monoisotopic (exact) mass is 392 g/mol. The fraction of sp³-hybridized carbons (Fsp3) is 0.263. The molecule has 0 aliphatic rings. The molecule has 0 bridgehead atoms. The van der Waals surface area contributed by atoms with Gasteiger partial charge in [-0.05, 0) is 30.7 Å². The Morgan fingerprint density at radius 1 is 0.889 bits per heavy atom. The Balaban J connectivity index is 2.04. The second kappa shape index (κ2) is 9.14. The minimum Gasteiger partial charge on any atom is -0.497 e. The van der Waals surface area contributed by atoms with Crippen LogP contribution in [0.5, 0.6) is 17.2 Å². The third-order valence-corrected chi connectivity index (χ3v) is 4.17. The van der Waals surface area contributed by atoms with Crippen LogP contribution in [0, 0.1) is 6.92 Å². The fourth-order valence-electron chi connectivity index (χ4n) is 2.37. The molecule has 2 rings (SSSR count). The molecule has 0 saturated carbocycles. The Morgan fingerprint density at radius 2 is 1.48 bits per heavy atom. The number of benzene rings is 2. The Morgan fingerprint density at radius 3 is 2.07 bits per heavy atom. The van der Waals surface area contributed by atoms with Gasteiger partial charge < -0.3 is 24.8 Å². The fourth-order valence-corrected chi connectivity index (χ4v) is 2.52. The number of nitrogens with one attached hydrogen (secondary N) is 2. The van der Waals surface area contributed by atoms with Gasteiger partial charge in [0.05, 0.1) is 32.7 Å². The van der Waals surface area contributed by atoms with Crippen molar-refractivity contribution in [2.75, 3.05) is 32.0 Å². The van der Waals surface area contributed by atoms with E-state index in [0.717, 1.165) is 5.56 Å². The quantitative estimate of drug-likeness (QED) is 0.702. The smallest absolute Gasteiger partial charge is 0.233 e. The van der Waals surface area contributed by atoms with Crippen LogP contribution in [0.15, 0.2) is 30.3 Å². The van der Waals surface area contributed by atoms with Gasteiger partial charge in [0.25, 0.3) is 0 Å². The number of ether oxygens (including phenoxy) is 3. The first-order valence-corrected chi connectivity index (χ1v) is 8.41. The van der Waals surface area contributed by atoms with E-state index in [1.54, 1.807) is 37.3 Å². The number of carbonyl (C=O) groups excluding carboxylic acids is 2. The van der Waals surface area contributed by atoms with Crippen molar-refractivity contribution in [1.29, 1.82) is 0 Å². The van der Waals surface area contributed by atoms with Gasteiger partial charge in [0.15, 0.2) is 0 Å². The van der Waals surface area contributed by atoms with E-state index in [1.165, 1.54) is 21.3 Å². The van der Waals surface area contributed by atoms with E-state index in [4.69, 9.17) is 25.8 Å². The van der Waals surface area contributed by atoms with Crippen LogP contribution >= 0.6 is 11.6 Å². The SMILES string of the molecule is COc1ccc(NC(=O)CC(=O)Nc2cc(C)c(Cl)cc2OC)c(OC)c1. The molecule has 0 heterocycles. The van der Waals surface area contributed by atoms with Crippen molar-refractivity contribution in [3.63, 3.8) is 0 Å². The molecule has 7 nitrogen and oxygen atoms in total. The molecular formula is C19H21ClN2O5. The molecule has 0 aromatic heterocycles. The van der Waals surface area contributed by atoms with E-state index in [1.807, 2.05) is 0 Å². The topological polar surface area (TPSA) is 85.9 Å². The number of aryl methyl sites for hydroxylation is 1. The molecule has 0 aliphatic heterocycles. The first-order valence-electron chi connectivity index (χ1n) is 8.03. The minimum absolute atomic E-state index is 0.375. The van der Waals surface area contributed by atoms with E-state index in [2.05, 4.69) is 10.6 Å². The largest absolute Gasteiger partial charge is 0.497 e. The molecule has 2 aromatic carbocycles. The molecule has 0 radical (unpaired) electrons. The van der Waals surface area contributed by atoms with Crippen molar-refractivity contribution >= 4 is 34.8 Å². The maximum atomic E-state index is 12.2. The number of amides is 2. The summed E-state index contributed by atoms with van der Waals surface area (Å²) in [6.07, 6.45) is -0.375. The van der Waals surface area contributed by atoms with Gasteiger partial charge in [-0.2, -0.15) is 0 Å². The summed E-state index contributed by atoms with van der Waals surface area (Å²) in [6, 6.07) is 8.24. The van der Waals surface area contributed by atoms with Crippen LogP contribution in [0.4, 0.5) is 11.4 Å². The molecule has 0 saturated heterocycles. The van der Waals surface area contributed by atoms with Gasteiger partial charge in [-0.15, -0.1) is 0 Å². The van der Waals surface area contributed by atoms with Gasteiger partial charge >= 0.3 is 0 Å². The summed E-state index contributed by atoms with van der Waals surface area (Å²) >= 11 is 6.05. The highest BCUT2D eigenvalue weighted by Gasteiger charge is 2.15. The lowest BCUT2D eigenvalue weighted by Gasteiger charge is -2.13. The van der Waals surface area contributed by atoms with Crippen LogP contribution < -0.4 is 24.8 Å². The van der Waals surface area contributed by atoms with Crippen LogP contribution in [0.1, 0.15) is 12.0 Å². The van der Waals surface area contributed by atoms with E-state index in [0.29, 0.717) is 33.6 Å². The molecule has 2 N–H and O–H groups in total. The first kappa shape index (κ1) is 20.4. The van der Waals surface area contributed by atoms with Crippen molar-refractivity contribution < 1.29 is 23.8 Å². The molecule has 8 heteroatoms. The van der Waals surface area contributed by atoms with Crippen LogP contribution in [-0.2, 0) is 9.59 Å². The van der Waals surface area contributed by atoms with Gasteiger partial charge in [0.2, 0.25) is 11.8 Å². The number of carbonyl (C=O) groups is 2. The average Bonchev–Trinajstić information content (AvgIpc) is 2.64. The summed E-state index contributed by atoms with van der Waals surface area (Å²) in [5, 5.41) is 5.83. The van der Waals surface area contributed by atoms with Crippen LogP contribution in [0.2, 0.25) is 5.02 Å². The highest BCUT2D eigenvalue weighted by molar-refractivity contribution is 6.31. The predicted octanol–water partition coefficient (Wildman–Crippen LogP) is 3.64. The number of anilines is 2. The maximum absolute atomic E-state index is 12.2. The zero-order chi connectivity index (χ0) is 20.0. The Labute approximate surface area is 162 Å². The van der Waals surface area contributed by atoms with Gasteiger partial charge in [-0.25, -0.2) is 0 Å². The zero-order valence-electron chi connectivity index (χ0n) is 15.5. The Kier molecular flexibility index (Phi) is 6.90. The number of hydrogen-bond donors (Lipinski definition) is 2. The van der Waals surface area contributed by atoms with Gasteiger partial charge in [-0.3, -0.25) is 9.59 Å². The normalized spacial score (nSPS) is 10.1. The van der Waals surface area contributed by atoms with Crippen molar-refractivity contribution in [3.8, 4) is 17.2 Å². The molecular weight excluding hydrogens is 372 g/mol. The van der Waals surface area contributed by atoms with Crippen molar-refractivity contribution in [3.05, 3.63) is 40.9 Å². The summed E-state index contributed by atoms with van der Waals surface area (Å²) < 4.78 is 15.5. The standard InChI is InChI=1S/C19H21ClN2O5/c1-11-7-15(17(27-4)9-13(11)20)22-19(24)10-18(23)21-14-6-5-12(25-2)8-16(14)26-3/h5-9H,10H2,1-4H3,(H,21,23)(H,22,24). The van der Waals surface area contributed by atoms with Crippen molar-refractivity contribution in [2.45, 2.75) is 13.3 Å². The molecule has 0 fully saturated rings. The number of methoxy groups -OCH3 is 3. The van der Waals surface area contributed by atoms with E-state index >= 15 is 0 Å². The summed E-state index contributed by atoms with van der Waals surface area (Å²) in [4.78, 5) is 24.4. The molecule has 0 unspecified atom stereocenters. The van der Waals surface area contributed by atoms with E-state index < -0.39 is 11.8 Å². The van der Waals surface area contributed by atoms with Crippen molar-refractivity contribution in [2.24, 2.45) is 0 Å². The second-order valence-corrected chi connectivity index (χ2v) is 6.05. The summed E-state index contributed by atoms with van der Waals surface area (Å²) in [7, 11) is 4.48. The summed E-state index contributed by atoms with van der Waals surface area (Å²) in [5.74, 6) is 0.461. The van der Waals surface area contributed by atoms with Crippen LogP contribution in [-0.4, -0.2) is 33.1 Å². The van der Waals surface area contributed by atoms with E-state index in [-0.39, 0.29) is 6.42 Å². The Bertz CT molecular complexity index is 854. The zero-order valence-corrected chi connectivity index (χ0v) is 16.3. The lowest BCUT2D eigenvalue weighted by atomic mass is 10.2. The Hall–Kier alpha value is -2.93. The first-order chi connectivity index (χ1) is 12.9. The van der Waals surface area contributed by atoms with Crippen LogP contribution in [0.25, 0.3) is 0 Å². The average molecular weight is 393 g/mol. The highest BCUT2D eigenvalue weighted by atomic mass is 35.5. The molecule has 0 spiro atoms. The maximum Gasteiger partial charge on any atom is 0.233 e. The van der Waals surface area contributed by atoms with E-state index in [9.17, 15) is 9.59 Å². The second-order valence-electron chi connectivity index (χ2n) is 5.64. The number of halogens is 1. The third kappa shape index (κ3) is 5.27. The molecule has 0 aliphatic carbocycles. The van der Waals surface area contributed by atoms with Gasteiger partial charge in [0.1, 0.15) is 23.7 Å².